The third-order valence-electron chi connectivity index (χ3n) is 4.02. The average Bonchev–Trinajstić information content (AvgIpc) is 3.23. The number of hydrogen-bond acceptors (Lipinski definition) is 5. The molecule has 2 aromatic rings. The predicted molar refractivity (Wildman–Crippen MR) is 80.8 cm³/mol. The summed E-state index contributed by atoms with van der Waals surface area (Å²) in [5.41, 5.74) is 4.36. The largest absolute Gasteiger partial charge is 0.372 e. The van der Waals surface area contributed by atoms with Crippen LogP contribution < -0.4 is 0 Å². The maximum atomic E-state index is 11.7. The molecule has 6 heteroatoms. The molecule has 1 fully saturated rings. The summed E-state index contributed by atoms with van der Waals surface area (Å²) in [5, 5.41) is 2.76. The highest BCUT2D eigenvalue weighted by atomic mass is 32.1. The Balaban J connectivity index is 1.56. The summed E-state index contributed by atoms with van der Waals surface area (Å²) >= 11 is 1.48. The monoisotopic (exact) mass is 314 g/mol. The standard InChI is InChI=1S/C16H14N2O3S/c19-15-3-4-16(20)18(15)6-14-17-13(9-22-14)10-1-2-11-7-21-8-12(11)5-10/h1-2,5,9H,3-4,6-8H2. The van der Waals surface area contributed by atoms with E-state index in [1.807, 2.05) is 11.4 Å². The minimum absolute atomic E-state index is 0.101. The van der Waals surface area contributed by atoms with Gasteiger partial charge in [0.15, 0.2) is 0 Å². The van der Waals surface area contributed by atoms with E-state index >= 15 is 0 Å². The van der Waals surface area contributed by atoms with Crippen molar-refractivity contribution >= 4 is 23.2 Å². The molecule has 1 saturated heterocycles. The number of nitrogens with zero attached hydrogens (tertiary/aromatic N) is 2. The normalized spacial score (nSPS) is 17.4. The van der Waals surface area contributed by atoms with Gasteiger partial charge in [-0.2, -0.15) is 0 Å². The second-order valence-electron chi connectivity index (χ2n) is 5.48. The van der Waals surface area contributed by atoms with Gasteiger partial charge in [-0.15, -0.1) is 11.3 Å². The molecule has 0 atom stereocenters. The summed E-state index contributed by atoms with van der Waals surface area (Å²) in [6.45, 7) is 1.62. The summed E-state index contributed by atoms with van der Waals surface area (Å²) in [7, 11) is 0. The van der Waals surface area contributed by atoms with Crippen LogP contribution >= 0.6 is 11.3 Å². The number of ether oxygens (including phenoxy) is 1. The van der Waals surface area contributed by atoms with Gasteiger partial charge in [0.25, 0.3) is 0 Å². The number of thiazole rings is 1. The van der Waals surface area contributed by atoms with E-state index in [9.17, 15) is 9.59 Å². The van der Waals surface area contributed by atoms with E-state index in [0.717, 1.165) is 16.3 Å². The van der Waals surface area contributed by atoms with Crippen molar-refractivity contribution in [1.29, 1.82) is 0 Å². The molecule has 0 saturated carbocycles. The molecule has 2 amide bonds. The lowest BCUT2D eigenvalue weighted by atomic mass is 10.1. The molecular weight excluding hydrogens is 300 g/mol. The van der Waals surface area contributed by atoms with E-state index < -0.39 is 0 Å². The van der Waals surface area contributed by atoms with Crippen LogP contribution in [0.1, 0.15) is 29.0 Å². The smallest absolute Gasteiger partial charge is 0.230 e. The van der Waals surface area contributed by atoms with Crippen LogP contribution in [0.3, 0.4) is 0 Å². The molecule has 2 aliphatic heterocycles. The summed E-state index contributed by atoms with van der Waals surface area (Å²) in [5.74, 6) is -0.201. The highest BCUT2D eigenvalue weighted by Gasteiger charge is 2.29. The minimum atomic E-state index is -0.101. The van der Waals surface area contributed by atoms with Gasteiger partial charge >= 0.3 is 0 Å². The van der Waals surface area contributed by atoms with Gasteiger partial charge in [0.05, 0.1) is 25.5 Å². The first-order chi connectivity index (χ1) is 10.7. The lowest BCUT2D eigenvalue weighted by molar-refractivity contribution is -0.139. The number of likely N-dealkylation sites (tertiary alicyclic amines) is 1. The van der Waals surface area contributed by atoms with Gasteiger partial charge in [-0.1, -0.05) is 12.1 Å². The van der Waals surface area contributed by atoms with Gasteiger partial charge in [0.1, 0.15) is 5.01 Å². The Hall–Kier alpha value is -2.05. The molecule has 22 heavy (non-hydrogen) atoms. The van der Waals surface area contributed by atoms with Crippen LogP contribution in [0.25, 0.3) is 11.3 Å². The Kier molecular flexibility index (Phi) is 3.28. The third-order valence-corrected chi connectivity index (χ3v) is 4.85. The van der Waals surface area contributed by atoms with Crippen molar-refractivity contribution in [1.82, 2.24) is 9.88 Å². The van der Waals surface area contributed by atoms with E-state index in [-0.39, 0.29) is 18.4 Å². The quantitative estimate of drug-likeness (QED) is 0.817. The van der Waals surface area contributed by atoms with Crippen molar-refractivity contribution in [2.45, 2.75) is 32.6 Å². The van der Waals surface area contributed by atoms with Gasteiger partial charge in [-0.05, 0) is 17.2 Å². The van der Waals surface area contributed by atoms with Gasteiger partial charge in [-0.3, -0.25) is 14.5 Å². The van der Waals surface area contributed by atoms with Gasteiger partial charge in [0.2, 0.25) is 11.8 Å². The van der Waals surface area contributed by atoms with E-state index in [4.69, 9.17) is 4.74 Å². The van der Waals surface area contributed by atoms with Gasteiger partial charge in [0, 0.05) is 23.8 Å². The second kappa shape index (κ2) is 5.30. The first-order valence-electron chi connectivity index (χ1n) is 7.18. The molecule has 0 radical (unpaired) electrons. The van der Waals surface area contributed by atoms with Crippen molar-refractivity contribution < 1.29 is 14.3 Å². The zero-order valence-electron chi connectivity index (χ0n) is 11.9. The Morgan fingerprint density at radius 1 is 1.14 bits per heavy atom. The molecule has 0 bridgehead atoms. The number of hydrogen-bond donors (Lipinski definition) is 0. The Bertz CT molecular complexity index is 753. The molecular formula is C16H14N2O3S. The molecule has 0 unspecified atom stereocenters. The lowest BCUT2D eigenvalue weighted by Gasteiger charge is -2.10. The number of rotatable bonds is 3. The van der Waals surface area contributed by atoms with Crippen LogP contribution in [-0.2, 0) is 34.1 Å². The van der Waals surface area contributed by atoms with Crippen molar-refractivity contribution in [2.75, 3.05) is 0 Å². The lowest BCUT2D eigenvalue weighted by Crippen LogP contribution is -2.28. The second-order valence-corrected chi connectivity index (χ2v) is 6.42. The van der Waals surface area contributed by atoms with Crippen molar-refractivity contribution in [3.05, 3.63) is 39.7 Å². The number of imide groups is 1. The maximum absolute atomic E-state index is 11.7. The van der Waals surface area contributed by atoms with E-state index in [1.54, 1.807) is 0 Å². The fourth-order valence-corrected chi connectivity index (χ4v) is 3.57. The number of carbonyl (C=O) groups is 2. The molecule has 3 heterocycles. The fraction of sp³-hybridized carbons (Fsp3) is 0.312. The fourth-order valence-electron chi connectivity index (χ4n) is 2.78. The van der Waals surface area contributed by atoms with Gasteiger partial charge in [-0.25, -0.2) is 4.98 Å². The molecule has 1 aromatic carbocycles. The van der Waals surface area contributed by atoms with Crippen LogP contribution in [0.2, 0.25) is 0 Å². The summed E-state index contributed by atoms with van der Waals surface area (Å²) < 4.78 is 5.42. The molecule has 5 nitrogen and oxygen atoms in total. The third kappa shape index (κ3) is 2.34. The van der Waals surface area contributed by atoms with E-state index in [1.165, 1.54) is 27.4 Å². The van der Waals surface area contributed by atoms with Crippen LogP contribution in [-0.4, -0.2) is 21.7 Å². The zero-order chi connectivity index (χ0) is 15.1. The molecule has 112 valence electrons. The zero-order valence-corrected chi connectivity index (χ0v) is 12.7. The van der Waals surface area contributed by atoms with Gasteiger partial charge < -0.3 is 4.74 Å². The van der Waals surface area contributed by atoms with E-state index in [2.05, 4.69) is 17.1 Å². The number of carbonyl (C=O) groups excluding carboxylic acids is 2. The summed E-state index contributed by atoms with van der Waals surface area (Å²) in [6, 6.07) is 6.22. The molecule has 0 spiro atoms. The van der Waals surface area contributed by atoms with Crippen molar-refractivity contribution in [3.63, 3.8) is 0 Å². The predicted octanol–water partition coefficient (Wildman–Crippen LogP) is 2.49. The van der Waals surface area contributed by atoms with Crippen LogP contribution in [0, 0.1) is 0 Å². The summed E-state index contributed by atoms with van der Waals surface area (Å²) in [6.07, 6.45) is 0.643. The molecule has 0 aliphatic carbocycles. The average molecular weight is 314 g/mol. The first kappa shape index (κ1) is 13.6. The summed E-state index contributed by atoms with van der Waals surface area (Å²) in [4.78, 5) is 29.2. The van der Waals surface area contributed by atoms with Crippen LogP contribution in [0.4, 0.5) is 0 Å². The topological polar surface area (TPSA) is 59.5 Å². The Morgan fingerprint density at radius 2 is 1.91 bits per heavy atom. The van der Waals surface area contributed by atoms with Crippen LogP contribution in [0.5, 0.6) is 0 Å². The highest BCUT2D eigenvalue weighted by molar-refractivity contribution is 7.09. The number of amides is 2. The molecule has 4 rings (SSSR count). The maximum Gasteiger partial charge on any atom is 0.230 e. The molecule has 2 aliphatic rings. The number of aromatic nitrogens is 1. The minimum Gasteiger partial charge on any atom is -0.372 e. The SMILES string of the molecule is O=C1CCC(=O)N1Cc1nc(-c2ccc3c(c2)COC3)cs1. The molecule has 1 aromatic heterocycles. The first-order valence-corrected chi connectivity index (χ1v) is 8.06. The highest BCUT2D eigenvalue weighted by Crippen LogP contribution is 2.28. The van der Waals surface area contributed by atoms with Crippen LogP contribution in [0.15, 0.2) is 23.6 Å². The Morgan fingerprint density at radius 3 is 2.73 bits per heavy atom. The van der Waals surface area contributed by atoms with E-state index in [0.29, 0.717) is 26.1 Å². The van der Waals surface area contributed by atoms with Crippen molar-refractivity contribution in [2.24, 2.45) is 0 Å². The van der Waals surface area contributed by atoms with Crippen molar-refractivity contribution in [3.8, 4) is 11.3 Å². The Labute approximate surface area is 131 Å². The molecule has 0 N–H and O–H groups in total. The number of benzene rings is 1. The number of fused-ring (bicyclic) bond motifs is 1.